The number of nitrogens with zero attached hydrogens (tertiary/aromatic N) is 1. The molecule has 1 aliphatic rings. The van der Waals surface area contributed by atoms with Crippen molar-refractivity contribution in [2.75, 3.05) is 13.2 Å². The SMILES string of the molecule is O=C(O)CC(NC(=O)OCC1c2ccccc2-c2ccccc21)C(=O)NCCn1cccc1. The van der Waals surface area contributed by atoms with Crippen LogP contribution in [0.15, 0.2) is 73.1 Å². The van der Waals surface area contributed by atoms with E-state index in [0.29, 0.717) is 13.1 Å². The second-order valence-corrected chi connectivity index (χ2v) is 7.83. The highest BCUT2D eigenvalue weighted by Gasteiger charge is 2.30. The van der Waals surface area contributed by atoms with E-state index < -0.39 is 30.4 Å². The zero-order valence-electron chi connectivity index (χ0n) is 17.9. The molecule has 0 saturated carbocycles. The molecular formula is C25H25N3O5. The fraction of sp³-hybridized carbons (Fsp3) is 0.240. The summed E-state index contributed by atoms with van der Waals surface area (Å²) >= 11 is 0. The lowest BCUT2D eigenvalue weighted by Crippen LogP contribution is -2.48. The van der Waals surface area contributed by atoms with Gasteiger partial charge in [0.1, 0.15) is 12.6 Å². The Bertz CT molecular complexity index is 1100. The molecule has 3 aromatic rings. The zero-order valence-corrected chi connectivity index (χ0v) is 17.9. The molecule has 3 N–H and O–H groups in total. The van der Waals surface area contributed by atoms with Crippen LogP contribution < -0.4 is 10.6 Å². The average Bonchev–Trinajstić information content (AvgIpc) is 3.43. The molecule has 0 fully saturated rings. The first kappa shape index (κ1) is 22.1. The Morgan fingerprint density at radius 1 is 0.939 bits per heavy atom. The number of carbonyl (C=O) groups excluding carboxylic acids is 2. The molecule has 33 heavy (non-hydrogen) atoms. The fourth-order valence-electron chi connectivity index (χ4n) is 4.12. The van der Waals surface area contributed by atoms with Crippen molar-refractivity contribution in [1.82, 2.24) is 15.2 Å². The summed E-state index contributed by atoms with van der Waals surface area (Å²) in [6, 6.07) is 18.4. The summed E-state index contributed by atoms with van der Waals surface area (Å²) in [4.78, 5) is 36.2. The molecule has 2 amide bonds. The Kier molecular flexibility index (Phi) is 6.73. The maximum atomic E-state index is 12.5. The van der Waals surface area contributed by atoms with Crippen LogP contribution in [-0.2, 0) is 20.9 Å². The minimum atomic E-state index is -1.23. The van der Waals surface area contributed by atoms with Crippen LogP contribution in [0.1, 0.15) is 23.5 Å². The highest BCUT2D eigenvalue weighted by molar-refractivity contribution is 5.89. The van der Waals surface area contributed by atoms with Gasteiger partial charge in [0.25, 0.3) is 0 Å². The highest BCUT2D eigenvalue weighted by Crippen LogP contribution is 2.44. The maximum absolute atomic E-state index is 12.5. The zero-order chi connectivity index (χ0) is 23.2. The lowest BCUT2D eigenvalue weighted by atomic mass is 9.98. The molecule has 0 bridgehead atoms. The van der Waals surface area contributed by atoms with Crippen LogP contribution in [0.4, 0.5) is 4.79 Å². The van der Waals surface area contributed by atoms with Gasteiger partial charge in [0.15, 0.2) is 0 Å². The van der Waals surface area contributed by atoms with Crippen molar-refractivity contribution in [1.29, 1.82) is 0 Å². The summed E-state index contributed by atoms with van der Waals surface area (Å²) in [5.74, 6) is -1.89. The number of carboxylic acid groups (broad SMARTS) is 1. The van der Waals surface area contributed by atoms with E-state index in [1.807, 2.05) is 77.6 Å². The Labute approximate surface area is 191 Å². The fourth-order valence-corrected chi connectivity index (χ4v) is 4.12. The van der Waals surface area contributed by atoms with Crippen LogP contribution >= 0.6 is 0 Å². The Morgan fingerprint density at radius 3 is 2.15 bits per heavy atom. The van der Waals surface area contributed by atoms with E-state index in [1.165, 1.54) is 0 Å². The lowest BCUT2D eigenvalue weighted by Gasteiger charge is -2.19. The van der Waals surface area contributed by atoms with Gasteiger partial charge in [-0.3, -0.25) is 9.59 Å². The van der Waals surface area contributed by atoms with Gasteiger partial charge in [-0.1, -0.05) is 48.5 Å². The number of rotatable bonds is 9. The van der Waals surface area contributed by atoms with Gasteiger partial charge >= 0.3 is 12.1 Å². The van der Waals surface area contributed by atoms with E-state index in [4.69, 9.17) is 9.84 Å². The van der Waals surface area contributed by atoms with Gasteiger partial charge in [-0.25, -0.2) is 4.79 Å². The number of hydrogen-bond donors (Lipinski definition) is 3. The van der Waals surface area contributed by atoms with Crippen molar-refractivity contribution < 1.29 is 24.2 Å². The third kappa shape index (κ3) is 5.23. The number of amides is 2. The molecule has 8 nitrogen and oxygen atoms in total. The molecule has 8 heteroatoms. The summed E-state index contributed by atoms with van der Waals surface area (Å²) in [5.41, 5.74) is 4.34. The predicted octanol–water partition coefficient (Wildman–Crippen LogP) is 2.99. The molecule has 1 aromatic heterocycles. The van der Waals surface area contributed by atoms with E-state index in [2.05, 4.69) is 10.6 Å². The molecule has 4 rings (SSSR count). The van der Waals surface area contributed by atoms with Crippen LogP contribution in [0.25, 0.3) is 11.1 Å². The van der Waals surface area contributed by atoms with Crippen LogP contribution in [0.5, 0.6) is 0 Å². The molecule has 1 unspecified atom stereocenters. The molecule has 2 aromatic carbocycles. The molecule has 0 spiro atoms. The number of nitrogens with one attached hydrogen (secondary N) is 2. The number of ether oxygens (including phenoxy) is 1. The minimum absolute atomic E-state index is 0.0783. The molecule has 1 heterocycles. The van der Waals surface area contributed by atoms with Crippen LogP contribution in [0.2, 0.25) is 0 Å². The van der Waals surface area contributed by atoms with Crippen molar-refractivity contribution >= 4 is 18.0 Å². The van der Waals surface area contributed by atoms with Gasteiger partial charge in [-0.15, -0.1) is 0 Å². The van der Waals surface area contributed by atoms with Gasteiger partial charge in [0.2, 0.25) is 5.91 Å². The topological polar surface area (TPSA) is 110 Å². The molecule has 170 valence electrons. The number of carbonyl (C=O) groups is 3. The minimum Gasteiger partial charge on any atom is -0.481 e. The van der Waals surface area contributed by atoms with E-state index in [9.17, 15) is 14.4 Å². The summed E-state index contributed by atoms with van der Waals surface area (Å²) in [7, 11) is 0. The monoisotopic (exact) mass is 447 g/mol. The van der Waals surface area contributed by atoms with Crippen LogP contribution in [-0.4, -0.2) is 46.8 Å². The van der Waals surface area contributed by atoms with Gasteiger partial charge in [-0.05, 0) is 34.4 Å². The average molecular weight is 447 g/mol. The summed E-state index contributed by atoms with van der Waals surface area (Å²) in [5, 5.41) is 14.2. The molecule has 0 saturated heterocycles. The van der Waals surface area contributed by atoms with Crippen molar-refractivity contribution in [3.05, 3.63) is 84.2 Å². The molecular weight excluding hydrogens is 422 g/mol. The standard InChI is InChI=1S/C25H25N3O5/c29-23(30)15-22(24(31)26-11-14-28-12-5-6-13-28)27-25(32)33-16-21-19-9-3-1-7-17(19)18-8-2-4-10-20(18)21/h1-10,12-13,21-22H,11,14-16H2,(H,26,31)(H,27,32)(H,29,30). The quantitative estimate of drug-likeness (QED) is 0.467. The number of carboxylic acids is 1. The van der Waals surface area contributed by atoms with Crippen molar-refractivity contribution in [3.63, 3.8) is 0 Å². The largest absolute Gasteiger partial charge is 0.481 e. The van der Waals surface area contributed by atoms with Crippen molar-refractivity contribution in [3.8, 4) is 11.1 Å². The summed E-state index contributed by atoms with van der Waals surface area (Å²) in [6.45, 7) is 0.911. The summed E-state index contributed by atoms with van der Waals surface area (Å²) in [6.07, 6.45) is 2.34. The van der Waals surface area contributed by atoms with Gasteiger partial charge in [-0.2, -0.15) is 0 Å². The van der Waals surface area contributed by atoms with E-state index >= 15 is 0 Å². The Morgan fingerprint density at radius 2 is 1.55 bits per heavy atom. The normalized spacial score (nSPS) is 13.0. The van der Waals surface area contributed by atoms with Crippen LogP contribution in [0.3, 0.4) is 0 Å². The Hall–Kier alpha value is -4.07. The van der Waals surface area contributed by atoms with Crippen molar-refractivity contribution in [2.24, 2.45) is 0 Å². The molecule has 1 aliphatic carbocycles. The van der Waals surface area contributed by atoms with E-state index in [0.717, 1.165) is 22.3 Å². The third-order valence-corrected chi connectivity index (χ3v) is 5.67. The number of benzene rings is 2. The van der Waals surface area contributed by atoms with E-state index in [1.54, 1.807) is 0 Å². The Balaban J connectivity index is 1.35. The highest BCUT2D eigenvalue weighted by atomic mass is 16.5. The second-order valence-electron chi connectivity index (χ2n) is 7.83. The van der Waals surface area contributed by atoms with Crippen LogP contribution in [0, 0.1) is 0 Å². The lowest BCUT2D eigenvalue weighted by molar-refractivity contribution is -0.139. The van der Waals surface area contributed by atoms with Crippen molar-refractivity contribution in [2.45, 2.75) is 24.9 Å². The molecule has 1 atom stereocenters. The number of hydrogen-bond acceptors (Lipinski definition) is 4. The number of fused-ring (bicyclic) bond motifs is 3. The summed E-state index contributed by atoms with van der Waals surface area (Å²) < 4.78 is 7.32. The van der Waals surface area contributed by atoms with Gasteiger partial charge in [0, 0.05) is 31.4 Å². The van der Waals surface area contributed by atoms with Gasteiger partial charge in [0.05, 0.1) is 6.42 Å². The smallest absolute Gasteiger partial charge is 0.407 e. The van der Waals surface area contributed by atoms with Gasteiger partial charge < -0.3 is 25.0 Å². The molecule has 0 aliphatic heterocycles. The first-order chi connectivity index (χ1) is 16.0. The number of aromatic nitrogens is 1. The maximum Gasteiger partial charge on any atom is 0.407 e. The first-order valence-corrected chi connectivity index (χ1v) is 10.7. The second kappa shape index (κ2) is 10.0. The first-order valence-electron chi connectivity index (χ1n) is 10.7. The molecule has 0 radical (unpaired) electrons. The third-order valence-electron chi connectivity index (χ3n) is 5.67. The predicted molar refractivity (Wildman–Crippen MR) is 122 cm³/mol. The number of alkyl carbamates (subject to hydrolysis) is 1. The number of aliphatic carboxylic acids is 1. The van der Waals surface area contributed by atoms with E-state index in [-0.39, 0.29) is 12.5 Å².